The lowest BCUT2D eigenvalue weighted by atomic mass is 10.0. The molecule has 0 heterocycles. The van der Waals surface area contributed by atoms with Crippen LogP contribution in [-0.2, 0) is 0 Å². The molecule has 0 spiro atoms. The molecule has 0 radical (unpaired) electrons. The van der Waals surface area contributed by atoms with Crippen LogP contribution < -0.4 is 0 Å². The topological polar surface area (TPSA) is 0 Å². The van der Waals surface area contributed by atoms with Gasteiger partial charge >= 0.3 is 0 Å². The predicted molar refractivity (Wildman–Crippen MR) is 135 cm³/mol. The third-order valence-corrected chi connectivity index (χ3v) is 4.82. The van der Waals surface area contributed by atoms with Crippen molar-refractivity contribution in [2.24, 2.45) is 47.3 Å². The van der Waals surface area contributed by atoms with Gasteiger partial charge in [-0.15, -0.1) is 0 Å². The van der Waals surface area contributed by atoms with Crippen LogP contribution in [-0.4, -0.2) is 0 Å². The standard InChI is InChI=1S/3C6H14.C5H12.C4H10/c3*1-5(2)6(3)4;1-4-5(2)3;1-4(2)3/h3*5-6H,1-4H3;5H,4H2,1-3H3;4H,1-3H3. The van der Waals surface area contributed by atoms with Gasteiger partial charge in [-0.3, -0.25) is 0 Å². The van der Waals surface area contributed by atoms with Crippen molar-refractivity contribution in [2.75, 3.05) is 0 Å². The van der Waals surface area contributed by atoms with Crippen LogP contribution in [0.25, 0.3) is 0 Å². The average molecular weight is 389 g/mol. The van der Waals surface area contributed by atoms with E-state index in [2.05, 4.69) is 125 Å². The maximum absolute atomic E-state index is 2.24. The highest BCUT2D eigenvalue weighted by Crippen LogP contribution is 2.06. The first-order valence-electron chi connectivity index (χ1n) is 11.9. The quantitative estimate of drug-likeness (QED) is 0.449. The fraction of sp³-hybridized carbons (Fsp3) is 1.00. The summed E-state index contributed by atoms with van der Waals surface area (Å²) in [5.74, 6) is 6.83. The first-order chi connectivity index (χ1) is 11.9. The average Bonchev–Trinajstić information content (AvgIpc) is 2.48. The van der Waals surface area contributed by atoms with Gasteiger partial charge in [0.15, 0.2) is 0 Å². The molecule has 0 saturated carbocycles. The first-order valence-corrected chi connectivity index (χ1v) is 11.9. The van der Waals surface area contributed by atoms with Crippen molar-refractivity contribution < 1.29 is 0 Å². The van der Waals surface area contributed by atoms with Gasteiger partial charge in [-0.05, 0) is 47.3 Å². The summed E-state index contributed by atoms with van der Waals surface area (Å²) < 4.78 is 0. The summed E-state index contributed by atoms with van der Waals surface area (Å²) in [7, 11) is 0. The van der Waals surface area contributed by atoms with Crippen molar-refractivity contribution in [2.45, 2.75) is 131 Å². The molecule has 0 heteroatoms. The summed E-state index contributed by atoms with van der Waals surface area (Å²) in [4.78, 5) is 0. The highest BCUT2D eigenvalue weighted by molar-refractivity contribution is 4.47. The van der Waals surface area contributed by atoms with E-state index in [0.717, 1.165) is 47.3 Å². The molecule has 0 aliphatic rings. The van der Waals surface area contributed by atoms with Gasteiger partial charge in [0.2, 0.25) is 0 Å². The van der Waals surface area contributed by atoms with Crippen LogP contribution in [0.15, 0.2) is 0 Å². The Morgan fingerprint density at radius 1 is 0.333 bits per heavy atom. The molecule has 0 unspecified atom stereocenters. The molecule has 0 rings (SSSR count). The van der Waals surface area contributed by atoms with E-state index in [1.165, 1.54) is 6.42 Å². The molecular weight excluding hydrogens is 324 g/mol. The van der Waals surface area contributed by atoms with Crippen LogP contribution in [0, 0.1) is 47.3 Å². The van der Waals surface area contributed by atoms with Gasteiger partial charge in [0.25, 0.3) is 0 Å². The van der Waals surface area contributed by atoms with Crippen molar-refractivity contribution >= 4 is 0 Å². The Hall–Kier alpha value is 0. The molecule has 0 amide bonds. The van der Waals surface area contributed by atoms with Crippen molar-refractivity contribution in [1.82, 2.24) is 0 Å². The minimum Gasteiger partial charge on any atom is -0.0651 e. The van der Waals surface area contributed by atoms with Gasteiger partial charge in [0.05, 0.1) is 0 Å². The van der Waals surface area contributed by atoms with Crippen molar-refractivity contribution in [3.05, 3.63) is 0 Å². The third-order valence-electron chi connectivity index (χ3n) is 4.82. The van der Waals surface area contributed by atoms with Gasteiger partial charge in [-0.1, -0.05) is 131 Å². The van der Waals surface area contributed by atoms with Crippen LogP contribution in [0.4, 0.5) is 0 Å². The number of hydrogen-bond acceptors (Lipinski definition) is 0. The smallest absolute Gasteiger partial charge is 0.0448 e. The summed E-state index contributed by atoms with van der Waals surface area (Å²) >= 11 is 0. The van der Waals surface area contributed by atoms with Gasteiger partial charge < -0.3 is 0 Å². The Labute approximate surface area is 178 Å². The highest BCUT2D eigenvalue weighted by Gasteiger charge is 1.96. The lowest BCUT2D eigenvalue weighted by Gasteiger charge is -2.05. The Bertz CT molecular complexity index is 167. The van der Waals surface area contributed by atoms with Gasteiger partial charge in [-0.2, -0.15) is 0 Å². The van der Waals surface area contributed by atoms with E-state index in [4.69, 9.17) is 0 Å². The summed E-state index contributed by atoms with van der Waals surface area (Å²) in [6.45, 7) is 40.0. The second-order valence-electron chi connectivity index (χ2n) is 11.0. The Morgan fingerprint density at radius 3 is 0.407 bits per heavy atom. The van der Waals surface area contributed by atoms with Crippen molar-refractivity contribution in [3.63, 3.8) is 0 Å². The number of rotatable bonds is 4. The van der Waals surface area contributed by atoms with E-state index in [1.54, 1.807) is 0 Å². The molecular formula is C27H64. The van der Waals surface area contributed by atoms with Crippen LogP contribution in [0.5, 0.6) is 0 Å². The zero-order chi connectivity index (χ0) is 23.3. The van der Waals surface area contributed by atoms with Gasteiger partial charge in [0.1, 0.15) is 0 Å². The lowest BCUT2D eigenvalue weighted by molar-refractivity contribution is 0.457. The normalized spacial score (nSPS) is 10.4. The minimum absolute atomic E-state index is 0.833. The first kappa shape index (κ1) is 37.7. The molecule has 0 bridgehead atoms. The van der Waals surface area contributed by atoms with E-state index < -0.39 is 0 Å². The third kappa shape index (κ3) is 76.4. The van der Waals surface area contributed by atoms with Crippen LogP contribution >= 0.6 is 0 Å². The zero-order valence-corrected chi connectivity index (χ0v) is 23.3. The Kier molecular flexibility index (Phi) is 36.3. The molecule has 27 heavy (non-hydrogen) atoms. The predicted octanol–water partition coefficient (Wildman–Crippen LogP) is 10.6. The molecule has 0 nitrogen and oxygen atoms in total. The summed E-state index contributed by atoms with van der Waals surface area (Å²) in [6, 6.07) is 0. The monoisotopic (exact) mass is 389 g/mol. The molecule has 0 N–H and O–H groups in total. The van der Waals surface area contributed by atoms with Crippen LogP contribution in [0.1, 0.15) is 131 Å². The summed E-state index contributed by atoms with van der Waals surface area (Å²) in [5, 5.41) is 0. The fourth-order valence-electron chi connectivity index (χ4n) is 0. The largest absolute Gasteiger partial charge is 0.0651 e. The summed E-state index contributed by atoms with van der Waals surface area (Å²) in [6.07, 6.45) is 1.31. The van der Waals surface area contributed by atoms with E-state index in [1.807, 2.05) is 0 Å². The number of hydrogen-bond donors (Lipinski definition) is 0. The molecule has 172 valence electrons. The molecule has 0 aromatic carbocycles. The van der Waals surface area contributed by atoms with Gasteiger partial charge in [-0.25, -0.2) is 0 Å². The molecule has 0 fully saturated rings. The van der Waals surface area contributed by atoms with E-state index in [9.17, 15) is 0 Å². The van der Waals surface area contributed by atoms with Crippen molar-refractivity contribution in [3.8, 4) is 0 Å². The maximum Gasteiger partial charge on any atom is -0.0448 e. The van der Waals surface area contributed by atoms with Crippen LogP contribution in [0.2, 0.25) is 0 Å². The fourth-order valence-corrected chi connectivity index (χ4v) is 0. The minimum atomic E-state index is 0.833. The SMILES string of the molecule is CC(C)C.CC(C)C(C)C.CC(C)C(C)C.CC(C)C(C)C.CCC(C)C. The molecule has 0 aromatic rings. The molecule has 0 aliphatic carbocycles. The second kappa shape index (κ2) is 26.0. The Balaban J connectivity index is -0.0000000753. The molecule has 0 saturated heterocycles. The highest BCUT2D eigenvalue weighted by atomic mass is 14.0. The zero-order valence-electron chi connectivity index (χ0n) is 23.3. The summed E-state index contributed by atoms with van der Waals surface area (Å²) in [5.41, 5.74) is 0. The van der Waals surface area contributed by atoms with E-state index in [0.29, 0.717) is 0 Å². The molecule has 0 aromatic heterocycles. The van der Waals surface area contributed by atoms with E-state index in [-0.39, 0.29) is 0 Å². The Morgan fingerprint density at radius 2 is 0.407 bits per heavy atom. The van der Waals surface area contributed by atoms with Gasteiger partial charge in [0, 0.05) is 0 Å². The van der Waals surface area contributed by atoms with Crippen LogP contribution in [0.3, 0.4) is 0 Å². The maximum atomic E-state index is 2.24. The van der Waals surface area contributed by atoms with Crippen molar-refractivity contribution in [1.29, 1.82) is 0 Å². The lowest BCUT2D eigenvalue weighted by Crippen LogP contribution is -1.95. The second-order valence-corrected chi connectivity index (χ2v) is 11.0. The molecule has 0 aliphatic heterocycles. The molecule has 0 atom stereocenters. The van der Waals surface area contributed by atoms with E-state index >= 15 is 0 Å².